The second-order valence-electron chi connectivity index (χ2n) is 4.24. The molecule has 1 amide bonds. The quantitative estimate of drug-likeness (QED) is 0.648. The first-order valence-electron chi connectivity index (χ1n) is 5.65. The molecule has 0 saturated carbocycles. The second-order valence-corrected chi connectivity index (χ2v) is 6.23. The highest BCUT2D eigenvalue weighted by Crippen LogP contribution is 2.15. The molecule has 1 aromatic carbocycles. The van der Waals surface area contributed by atoms with Gasteiger partial charge in [-0.15, -0.1) is 0 Å². The van der Waals surface area contributed by atoms with Gasteiger partial charge in [-0.2, -0.15) is 0 Å². The van der Waals surface area contributed by atoms with Crippen molar-refractivity contribution in [3.8, 4) is 5.75 Å². The minimum atomic E-state index is -0.507. The molecule has 1 N–H and O–H groups in total. The van der Waals surface area contributed by atoms with E-state index >= 15 is 0 Å². The van der Waals surface area contributed by atoms with Crippen molar-refractivity contribution in [3.05, 3.63) is 30.3 Å². The van der Waals surface area contributed by atoms with Crippen molar-refractivity contribution in [2.75, 3.05) is 13.2 Å². The average Bonchev–Trinajstić information content (AvgIpc) is 2.28. The molecule has 0 bridgehead atoms. The van der Waals surface area contributed by atoms with Crippen molar-refractivity contribution in [2.45, 2.75) is 24.6 Å². The number of benzene rings is 1. The maximum atomic E-state index is 11.5. The standard InChI is InChI=1S/C13H18BrNO2/c1-13(2,14)12(16)15-9-6-10-17-11-7-4-3-5-8-11/h3-5,7-8H,6,9-10H2,1-2H3,(H,15,16). The third-order valence-corrected chi connectivity index (χ3v) is 2.52. The molecule has 0 fully saturated rings. The number of hydrogen-bond donors (Lipinski definition) is 1. The van der Waals surface area contributed by atoms with Crippen LogP contribution in [0.25, 0.3) is 0 Å². The van der Waals surface area contributed by atoms with Crippen LogP contribution in [0.1, 0.15) is 20.3 Å². The summed E-state index contributed by atoms with van der Waals surface area (Å²) < 4.78 is 5.00. The predicted octanol–water partition coefficient (Wildman–Crippen LogP) is 2.75. The van der Waals surface area contributed by atoms with E-state index in [-0.39, 0.29) is 5.91 Å². The van der Waals surface area contributed by atoms with Gasteiger partial charge in [0.25, 0.3) is 0 Å². The van der Waals surface area contributed by atoms with Crippen LogP contribution in [0.15, 0.2) is 30.3 Å². The minimum Gasteiger partial charge on any atom is -0.494 e. The van der Waals surface area contributed by atoms with Crippen LogP contribution in [0.5, 0.6) is 5.75 Å². The van der Waals surface area contributed by atoms with Crippen molar-refractivity contribution < 1.29 is 9.53 Å². The van der Waals surface area contributed by atoms with Gasteiger partial charge in [-0.1, -0.05) is 34.1 Å². The van der Waals surface area contributed by atoms with Gasteiger partial charge in [-0.05, 0) is 32.4 Å². The van der Waals surface area contributed by atoms with Crippen LogP contribution in [0.2, 0.25) is 0 Å². The molecule has 1 rings (SSSR count). The Hall–Kier alpha value is -1.03. The van der Waals surface area contributed by atoms with Crippen LogP contribution in [0, 0.1) is 0 Å². The summed E-state index contributed by atoms with van der Waals surface area (Å²) in [5.41, 5.74) is 0. The second kappa shape index (κ2) is 6.64. The number of carbonyl (C=O) groups is 1. The third-order valence-electron chi connectivity index (χ3n) is 2.16. The highest BCUT2D eigenvalue weighted by atomic mass is 79.9. The number of nitrogens with one attached hydrogen (secondary N) is 1. The Morgan fingerprint density at radius 3 is 2.59 bits per heavy atom. The Balaban J connectivity index is 2.12. The van der Waals surface area contributed by atoms with Gasteiger partial charge in [0.05, 0.1) is 10.9 Å². The molecular weight excluding hydrogens is 282 g/mol. The summed E-state index contributed by atoms with van der Waals surface area (Å²) in [5.74, 6) is 0.858. The van der Waals surface area contributed by atoms with Crippen LogP contribution in [-0.2, 0) is 4.79 Å². The SMILES string of the molecule is CC(C)(Br)C(=O)NCCCOc1ccccc1. The molecule has 0 heterocycles. The van der Waals surface area contributed by atoms with E-state index in [0.717, 1.165) is 12.2 Å². The van der Waals surface area contributed by atoms with E-state index in [1.54, 1.807) is 0 Å². The first-order chi connectivity index (χ1) is 8.00. The van der Waals surface area contributed by atoms with Crippen molar-refractivity contribution in [3.63, 3.8) is 0 Å². The largest absolute Gasteiger partial charge is 0.494 e. The van der Waals surface area contributed by atoms with E-state index in [1.807, 2.05) is 44.2 Å². The van der Waals surface area contributed by atoms with E-state index in [2.05, 4.69) is 21.2 Å². The highest BCUT2D eigenvalue weighted by molar-refractivity contribution is 9.10. The zero-order chi connectivity index (χ0) is 12.7. The number of ether oxygens (including phenoxy) is 1. The molecule has 4 heteroatoms. The summed E-state index contributed by atoms with van der Waals surface area (Å²) in [4.78, 5) is 11.5. The molecular formula is C13H18BrNO2. The summed E-state index contributed by atoms with van der Waals surface area (Å²) in [5, 5.41) is 2.84. The van der Waals surface area contributed by atoms with Gasteiger partial charge in [0.2, 0.25) is 5.91 Å². The summed E-state index contributed by atoms with van der Waals surface area (Å²) in [7, 11) is 0. The lowest BCUT2D eigenvalue weighted by molar-refractivity contribution is -0.122. The van der Waals surface area contributed by atoms with Gasteiger partial charge in [0.15, 0.2) is 0 Å². The lowest BCUT2D eigenvalue weighted by Crippen LogP contribution is -2.38. The minimum absolute atomic E-state index is 0.00258. The molecule has 0 aromatic heterocycles. The third kappa shape index (κ3) is 5.73. The summed E-state index contributed by atoms with van der Waals surface area (Å²) in [6.07, 6.45) is 0.795. The number of carbonyl (C=O) groups excluding carboxylic acids is 1. The number of amides is 1. The predicted molar refractivity (Wildman–Crippen MR) is 72.6 cm³/mol. The maximum Gasteiger partial charge on any atom is 0.236 e. The summed E-state index contributed by atoms with van der Waals surface area (Å²) >= 11 is 3.31. The van der Waals surface area contributed by atoms with E-state index in [4.69, 9.17) is 4.74 Å². The van der Waals surface area contributed by atoms with Crippen LogP contribution in [0.3, 0.4) is 0 Å². The molecule has 1 aromatic rings. The fourth-order valence-corrected chi connectivity index (χ4v) is 1.33. The van der Waals surface area contributed by atoms with Gasteiger partial charge in [0, 0.05) is 6.54 Å². The first-order valence-corrected chi connectivity index (χ1v) is 6.44. The van der Waals surface area contributed by atoms with Gasteiger partial charge in [-0.3, -0.25) is 4.79 Å². The number of para-hydroxylation sites is 1. The fourth-order valence-electron chi connectivity index (χ4n) is 1.19. The highest BCUT2D eigenvalue weighted by Gasteiger charge is 2.22. The van der Waals surface area contributed by atoms with Crippen molar-refractivity contribution >= 4 is 21.8 Å². The molecule has 0 spiro atoms. The lowest BCUT2D eigenvalue weighted by atomic mass is 10.2. The average molecular weight is 300 g/mol. The van der Waals surface area contributed by atoms with Crippen LogP contribution in [0.4, 0.5) is 0 Å². The van der Waals surface area contributed by atoms with Gasteiger partial charge in [-0.25, -0.2) is 0 Å². The Morgan fingerprint density at radius 1 is 1.35 bits per heavy atom. The van der Waals surface area contributed by atoms with Gasteiger partial charge >= 0.3 is 0 Å². The molecule has 0 saturated heterocycles. The monoisotopic (exact) mass is 299 g/mol. The van der Waals surface area contributed by atoms with Crippen LogP contribution < -0.4 is 10.1 Å². The number of alkyl halides is 1. The fraction of sp³-hybridized carbons (Fsp3) is 0.462. The number of halogens is 1. The zero-order valence-electron chi connectivity index (χ0n) is 10.2. The maximum absolute atomic E-state index is 11.5. The summed E-state index contributed by atoms with van der Waals surface area (Å²) in [6.45, 7) is 4.87. The molecule has 0 radical (unpaired) electrons. The lowest BCUT2D eigenvalue weighted by Gasteiger charge is -2.15. The Labute approximate surface area is 111 Å². The van der Waals surface area contributed by atoms with Crippen molar-refractivity contribution in [1.29, 1.82) is 0 Å². The Kier molecular flexibility index (Phi) is 5.48. The zero-order valence-corrected chi connectivity index (χ0v) is 11.8. The molecule has 0 aliphatic heterocycles. The van der Waals surface area contributed by atoms with Gasteiger partial charge in [0.1, 0.15) is 5.75 Å². The van der Waals surface area contributed by atoms with E-state index in [0.29, 0.717) is 13.2 Å². The topological polar surface area (TPSA) is 38.3 Å². The first kappa shape index (κ1) is 14.0. The van der Waals surface area contributed by atoms with Crippen LogP contribution in [-0.4, -0.2) is 23.4 Å². The molecule has 0 aliphatic carbocycles. The molecule has 94 valence electrons. The molecule has 0 atom stereocenters. The smallest absolute Gasteiger partial charge is 0.236 e. The summed E-state index contributed by atoms with van der Waals surface area (Å²) in [6, 6.07) is 9.65. The van der Waals surface area contributed by atoms with E-state index in [1.165, 1.54) is 0 Å². The number of hydrogen-bond acceptors (Lipinski definition) is 2. The van der Waals surface area contributed by atoms with Crippen molar-refractivity contribution in [1.82, 2.24) is 5.32 Å². The molecule has 3 nitrogen and oxygen atoms in total. The van der Waals surface area contributed by atoms with Crippen LogP contribution >= 0.6 is 15.9 Å². The normalized spacial score (nSPS) is 11.0. The van der Waals surface area contributed by atoms with E-state index in [9.17, 15) is 4.79 Å². The molecule has 0 unspecified atom stereocenters. The van der Waals surface area contributed by atoms with E-state index < -0.39 is 4.32 Å². The Morgan fingerprint density at radius 2 is 2.00 bits per heavy atom. The molecule has 0 aliphatic rings. The number of rotatable bonds is 6. The Bertz CT molecular complexity index is 346. The van der Waals surface area contributed by atoms with Crippen molar-refractivity contribution in [2.24, 2.45) is 0 Å². The van der Waals surface area contributed by atoms with Gasteiger partial charge < -0.3 is 10.1 Å². The molecule has 17 heavy (non-hydrogen) atoms.